The standard InChI is InChI=1S/C24H23BrN4O2/c25-22-9-5-4-8-21(22)23(30)26-19-10-12-20(13-11-19)28-14-16-29(17-15-28)24(31)27-18-6-2-1-3-7-18/h1-13H,14-17H2,(H,26,30)(H,27,31). The first-order valence-corrected chi connectivity index (χ1v) is 10.9. The number of carbonyl (C=O) groups is 2. The quantitative estimate of drug-likeness (QED) is 0.550. The number of rotatable bonds is 4. The van der Waals surface area contributed by atoms with Crippen molar-refractivity contribution in [3.8, 4) is 0 Å². The zero-order valence-corrected chi connectivity index (χ0v) is 18.5. The number of nitrogens with one attached hydrogen (secondary N) is 2. The van der Waals surface area contributed by atoms with E-state index in [1.807, 2.05) is 77.7 Å². The Morgan fingerprint density at radius 1 is 0.710 bits per heavy atom. The number of benzene rings is 3. The van der Waals surface area contributed by atoms with Gasteiger partial charge in [-0.05, 0) is 64.5 Å². The molecule has 0 aliphatic carbocycles. The monoisotopic (exact) mass is 478 g/mol. The average Bonchev–Trinajstić information content (AvgIpc) is 2.80. The number of urea groups is 1. The summed E-state index contributed by atoms with van der Waals surface area (Å²) in [4.78, 5) is 29.0. The van der Waals surface area contributed by atoms with Crippen LogP contribution in [-0.4, -0.2) is 43.0 Å². The molecule has 1 aliphatic rings. The van der Waals surface area contributed by atoms with Crippen LogP contribution in [0.1, 0.15) is 10.4 Å². The molecule has 31 heavy (non-hydrogen) atoms. The molecule has 0 saturated carbocycles. The van der Waals surface area contributed by atoms with Crippen molar-refractivity contribution in [3.63, 3.8) is 0 Å². The highest BCUT2D eigenvalue weighted by atomic mass is 79.9. The summed E-state index contributed by atoms with van der Waals surface area (Å²) in [6.45, 7) is 2.81. The van der Waals surface area contributed by atoms with Crippen molar-refractivity contribution in [2.45, 2.75) is 0 Å². The third-order valence-electron chi connectivity index (χ3n) is 5.20. The van der Waals surface area contributed by atoms with Crippen molar-refractivity contribution in [3.05, 3.63) is 88.9 Å². The molecule has 2 N–H and O–H groups in total. The fourth-order valence-corrected chi connectivity index (χ4v) is 3.96. The molecule has 3 aromatic rings. The number of carbonyl (C=O) groups excluding carboxylic acids is 2. The Morgan fingerprint density at radius 3 is 2.00 bits per heavy atom. The van der Waals surface area contributed by atoms with Crippen molar-refractivity contribution in [2.75, 3.05) is 41.7 Å². The van der Waals surface area contributed by atoms with Crippen LogP contribution in [0.15, 0.2) is 83.3 Å². The Balaban J connectivity index is 1.30. The van der Waals surface area contributed by atoms with E-state index < -0.39 is 0 Å². The second-order valence-electron chi connectivity index (χ2n) is 7.25. The minimum Gasteiger partial charge on any atom is -0.368 e. The molecule has 1 aliphatic heterocycles. The van der Waals surface area contributed by atoms with Crippen LogP contribution in [0, 0.1) is 0 Å². The lowest BCUT2D eigenvalue weighted by Crippen LogP contribution is -2.50. The van der Waals surface area contributed by atoms with Gasteiger partial charge in [-0.2, -0.15) is 0 Å². The first kappa shape index (κ1) is 20.9. The summed E-state index contributed by atoms with van der Waals surface area (Å²) in [6.07, 6.45) is 0. The van der Waals surface area contributed by atoms with Gasteiger partial charge in [0.15, 0.2) is 0 Å². The molecule has 3 amide bonds. The lowest BCUT2D eigenvalue weighted by Gasteiger charge is -2.36. The highest BCUT2D eigenvalue weighted by Gasteiger charge is 2.21. The van der Waals surface area contributed by atoms with E-state index in [0.29, 0.717) is 18.7 Å². The topological polar surface area (TPSA) is 64.7 Å². The third-order valence-corrected chi connectivity index (χ3v) is 5.89. The molecule has 0 aromatic heterocycles. The molecule has 1 fully saturated rings. The van der Waals surface area contributed by atoms with Crippen molar-refractivity contribution >= 4 is 44.9 Å². The highest BCUT2D eigenvalue weighted by Crippen LogP contribution is 2.22. The molecule has 0 radical (unpaired) electrons. The molecule has 0 spiro atoms. The lowest BCUT2D eigenvalue weighted by molar-refractivity contribution is 0.102. The summed E-state index contributed by atoms with van der Waals surface area (Å²) in [5, 5.41) is 5.86. The highest BCUT2D eigenvalue weighted by molar-refractivity contribution is 9.10. The predicted molar refractivity (Wildman–Crippen MR) is 128 cm³/mol. The van der Waals surface area contributed by atoms with Crippen LogP contribution in [-0.2, 0) is 0 Å². The fourth-order valence-electron chi connectivity index (χ4n) is 3.49. The normalized spacial score (nSPS) is 13.6. The maximum absolute atomic E-state index is 12.5. The van der Waals surface area contributed by atoms with Gasteiger partial charge in [0.25, 0.3) is 5.91 Å². The van der Waals surface area contributed by atoms with E-state index in [1.165, 1.54) is 0 Å². The first-order chi connectivity index (χ1) is 15.1. The summed E-state index contributed by atoms with van der Waals surface area (Å²) in [7, 11) is 0. The average molecular weight is 479 g/mol. The van der Waals surface area contributed by atoms with Crippen molar-refractivity contribution < 1.29 is 9.59 Å². The molecule has 158 valence electrons. The number of halogens is 1. The smallest absolute Gasteiger partial charge is 0.321 e. The first-order valence-electron chi connectivity index (χ1n) is 10.1. The van der Waals surface area contributed by atoms with Gasteiger partial charge in [0.05, 0.1) is 5.56 Å². The lowest BCUT2D eigenvalue weighted by atomic mass is 10.2. The zero-order valence-electron chi connectivity index (χ0n) is 16.9. The van der Waals surface area contributed by atoms with Crippen LogP contribution in [0.5, 0.6) is 0 Å². The molecule has 7 heteroatoms. The molecule has 0 unspecified atom stereocenters. The van der Waals surface area contributed by atoms with E-state index in [0.717, 1.165) is 34.6 Å². The Bertz CT molecular complexity index is 1050. The Kier molecular flexibility index (Phi) is 6.52. The predicted octanol–water partition coefficient (Wildman–Crippen LogP) is 5.06. The number of hydrogen-bond donors (Lipinski definition) is 2. The van der Waals surface area contributed by atoms with E-state index in [1.54, 1.807) is 6.07 Å². The van der Waals surface area contributed by atoms with E-state index in [2.05, 4.69) is 31.5 Å². The summed E-state index contributed by atoms with van der Waals surface area (Å²) in [5.74, 6) is -0.154. The summed E-state index contributed by atoms with van der Waals surface area (Å²) >= 11 is 3.41. The number of amides is 3. The van der Waals surface area contributed by atoms with Crippen LogP contribution in [0.3, 0.4) is 0 Å². The van der Waals surface area contributed by atoms with Gasteiger partial charge in [-0.1, -0.05) is 30.3 Å². The molecular formula is C24H23BrN4O2. The molecular weight excluding hydrogens is 456 g/mol. The van der Waals surface area contributed by atoms with Crippen LogP contribution in [0.25, 0.3) is 0 Å². The third kappa shape index (κ3) is 5.24. The summed E-state index contributed by atoms with van der Waals surface area (Å²) < 4.78 is 0.762. The Labute approximate surface area is 190 Å². The number of hydrogen-bond acceptors (Lipinski definition) is 3. The van der Waals surface area contributed by atoms with E-state index in [4.69, 9.17) is 0 Å². The van der Waals surface area contributed by atoms with Crippen molar-refractivity contribution in [2.24, 2.45) is 0 Å². The van der Waals surface area contributed by atoms with E-state index in [9.17, 15) is 9.59 Å². The molecule has 4 rings (SSSR count). The minimum absolute atomic E-state index is 0.0732. The van der Waals surface area contributed by atoms with Gasteiger partial charge in [0, 0.05) is 47.7 Å². The Hall–Kier alpha value is -3.32. The van der Waals surface area contributed by atoms with Gasteiger partial charge in [-0.3, -0.25) is 4.79 Å². The van der Waals surface area contributed by atoms with E-state index in [-0.39, 0.29) is 11.9 Å². The SMILES string of the molecule is O=C(Nc1ccc(N2CCN(C(=O)Nc3ccccc3)CC2)cc1)c1ccccc1Br. The van der Waals surface area contributed by atoms with Crippen LogP contribution >= 0.6 is 15.9 Å². The molecule has 1 saturated heterocycles. The maximum atomic E-state index is 12.5. The number of anilines is 3. The number of para-hydroxylation sites is 1. The second-order valence-corrected chi connectivity index (χ2v) is 8.11. The molecule has 0 atom stereocenters. The van der Waals surface area contributed by atoms with Crippen LogP contribution in [0.2, 0.25) is 0 Å². The molecule has 1 heterocycles. The zero-order chi connectivity index (χ0) is 21.6. The molecule has 6 nitrogen and oxygen atoms in total. The van der Waals surface area contributed by atoms with Gasteiger partial charge in [0.2, 0.25) is 0 Å². The summed E-state index contributed by atoms with van der Waals surface area (Å²) in [6, 6.07) is 24.5. The number of piperazine rings is 1. The second kappa shape index (κ2) is 9.66. The van der Waals surface area contributed by atoms with Crippen molar-refractivity contribution in [1.82, 2.24) is 4.90 Å². The molecule has 0 bridgehead atoms. The molecule has 3 aromatic carbocycles. The van der Waals surface area contributed by atoms with Crippen LogP contribution < -0.4 is 15.5 Å². The van der Waals surface area contributed by atoms with Gasteiger partial charge >= 0.3 is 6.03 Å². The largest absolute Gasteiger partial charge is 0.368 e. The maximum Gasteiger partial charge on any atom is 0.321 e. The minimum atomic E-state index is -0.154. The summed E-state index contributed by atoms with van der Waals surface area (Å²) in [5.41, 5.74) is 3.21. The number of nitrogens with zero attached hydrogens (tertiary/aromatic N) is 2. The van der Waals surface area contributed by atoms with Crippen molar-refractivity contribution in [1.29, 1.82) is 0 Å². The van der Waals surface area contributed by atoms with Gasteiger partial charge < -0.3 is 20.4 Å². The van der Waals surface area contributed by atoms with Gasteiger partial charge in [-0.15, -0.1) is 0 Å². The van der Waals surface area contributed by atoms with E-state index >= 15 is 0 Å². The van der Waals surface area contributed by atoms with Gasteiger partial charge in [0.1, 0.15) is 0 Å². The van der Waals surface area contributed by atoms with Gasteiger partial charge in [-0.25, -0.2) is 4.79 Å². The Morgan fingerprint density at radius 2 is 1.32 bits per heavy atom. The van der Waals surface area contributed by atoms with Crippen LogP contribution in [0.4, 0.5) is 21.9 Å². The fraction of sp³-hybridized carbons (Fsp3) is 0.167.